The van der Waals surface area contributed by atoms with Gasteiger partial charge in [0.05, 0.1) is 12.2 Å². The molecule has 1 aromatic heterocycles. The first kappa shape index (κ1) is 29.1. The average molecular weight is 626 g/mol. The van der Waals surface area contributed by atoms with Crippen molar-refractivity contribution in [1.29, 1.82) is 0 Å². The number of sulfonamides is 1. The van der Waals surface area contributed by atoms with Crippen LogP contribution in [0.1, 0.15) is 16.8 Å². The Morgan fingerprint density at radius 3 is 2.14 bits per heavy atom. The van der Waals surface area contributed by atoms with Crippen molar-refractivity contribution in [2.75, 3.05) is 42.5 Å². The molecule has 43 heavy (non-hydrogen) atoms. The smallest absolute Gasteiger partial charge is 0.365 e. The molecular formula is C28H22F7N5O2S. The lowest BCUT2D eigenvalue weighted by molar-refractivity contribution is -0.143. The van der Waals surface area contributed by atoms with Crippen molar-refractivity contribution in [3.05, 3.63) is 88.9 Å². The number of nitrogens with zero attached hydrogens (tertiary/aromatic N) is 5. The first-order chi connectivity index (χ1) is 20.4. The second-order valence-corrected chi connectivity index (χ2v) is 12.0. The van der Waals surface area contributed by atoms with E-state index >= 15 is 0 Å². The second-order valence-electron chi connectivity index (χ2n) is 10.1. The predicted octanol–water partition coefficient (Wildman–Crippen LogP) is 5.28. The summed E-state index contributed by atoms with van der Waals surface area (Å²) in [5.74, 6) is -10.3. The maximum Gasteiger partial charge on any atom is 0.420 e. The van der Waals surface area contributed by atoms with Crippen molar-refractivity contribution in [2.45, 2.75) is 24.0 Å². The van der Waals surface area contributed by atoms with E-state index in [2.05, 4.69) is 14.9 Å². The zero-order valence-electron chi connectivity index (χ0n) is 22.2. The number of halogens is 7. The van der Waals surface area contributed by atoms with Crippen LogP contribution in [-0.4, -0.2) is 55.4 Å². The van der Waals surface area contributed by atoms with E-state index in [1.54, 1.807) is 4.90 Å². The minimum Gasteiger partial charge on any atom is -0.365 e. The summed E-state index contributed by atoms with van der Waals surface area (Å²) in [6.07, 6.45) is -3.88. The Morgan fingerprint density at radius 2 is 1.42 bits per heavy atom. The lowest BCUT2D eigenvalue weighted by Gasteiger charge is -2.37. The second kappa shape index (κ2) is 10.6. The summed E-state index contributed by atoms with van der Waals surface area (Å²) in [6, 6.07) is 14.0. The average Bonchev–Trinajstić information content (AvgIpc) is 3.00. The Balaban J connectivity index is 1.25. The van der Waals surface area contributed by atoms with Crippen LogP contribution in [0.15, 0.2) is 53.7 Å². The largest absolute Gasteiger partial charge is 0.420 e. The molecule has 6 rings (SSSR count). The van der Waals surface area contributed by atoms with Gasteiger partial charge < -0.3 is 9.80 Å². The Bertz CT molecular complexity index is 1840. The molecule has 0 aliphatic carbocycles. The number of alkyl halides is 3. The number of rotatable bonds is 4. The van der Waals surface area contributed by atoms with Crippen LogP contribution in [0.25, 0.3) is 10.8 Å². The maximum absolute atomic E-state index is 14.5. The van der Waals surface area contributed by atoms with Crippen LogP contribution in [-0.2, 0) is 29.2 Å². The molecule has 0 bridgehead atoms. The Labute approximate surface area is 241 Å². The quantitative estimate of drug-likeness (QED) is 0.175. The highest BCUT2D eigenvalue weighted by Crippen LogP contribution is 2.41. The number of anilines is 2. The van der Waals surface area contributed by atoms with Gasteiger partial charge in [0, 0.05) is 49.4 Å². The number of hydrogen-bond donors (Lipinski definition) is 0. The molecule has 2 aliphatic rings. The molecule has 1 fully saturated rings. The van der Waals surface area contributed by atoms with Gasteiger partial charge in [0.25, 0.3) is 0 Å². The van der Waals surface area contributed by atoms with Crippen LogP contribution in [0.5, 0.6) is 0 Å². The third kappa shape index (κ3) is 4.93. The fourth-order valence-corrected chi connectivity index (χ4v) is 7.36. The summed E-state index contributed by atoms with van der Waals surface area (Å²) < 4.78 is 124. The van der Waals surface area contributed by atoms with Crippen LogP contribution in [0.3, 0.4) is 0 Å². The standard InChI is InChI=1S/C28H22F7N5O2S/c29-22-21(28(33,34)35)26(25(32)24(31)23(22)30)43(41,42)40-12-10-38(11-13-40)27-18-8-9-39(14-19(18)36-15-37-27)20-7-3-5-16-4-1-2-6-17(16)20/h1-7,15H,8-14H2. The van der Waals surface area contributed by atoms with Crippen LogP contribution in [0, 0.1) is 23.3 Å². The number of piperazine rings is 1. The fourth-order valence-electron chi connectivity index (χ4n) is 5.68. The van der Waals surface area contributed by atoms with E-state index < -0.39 is 63.0 Å². The SMILES string of the molecule is O=S(=O)(c1c(F)c(F)c(F)c(F)c1C(F)(F)F)N1CCN(c2ncnc3c2CCN(c2cccc4ccccc24)C3)CC1. The normalized spacial score (nSPS) is 16.5. The van der Waals surface area contributed by atoms with Crippen molar-refractivity contribution in [3.8, 4) is 0 Å². The minimum absolute atomic E-state index is 0.0646. The summed E-state index contributed by atoms with van der Waals surface area (Å²) in [4.78, 5) is 10.5. The van der Waals surface area contributed by atoms with E-state index in [-0.39, 0.29) is 13.1 Å². The highest BCUT2D eigenvalue weighted by Gasteiger charge is 2.47. The molecular weight excluding hydrogens is 603 g/mol. The third-order valence-corrected chi connectivity index (χ3v) is 9.68. The van der Waals surface area contributed by atoms with Crippen LogP contribution >= 0.6 is 0 Å². The Morgan fingerprint density at radius 1 is 0.744 bits per heavy atom. The molecule has 15 heteroatoms. The van der Waals surface area contributed by atoms with E-state index in [4.69, 9.17) is 0 Å². The molecule has 0 unspecified atom stereocenters. The van der Waals surface area contributed by atoms with Crippen molar-refractivity contribution in [2.24, 2.45) is 0 Å². The highest BCUT2D eigenvalue weighted by molar-refractivity contribution is 7.89. The summed E-state index contributed by atoms with van der Waals surface area (Å²) >= 11 is 0. The lowest BCUT2D eigenvalue weighted by Crippen LogP contribution is -2.50. The topological polar surface area (TPSA) is 69.6 Å². The lowest BCUT2D eigenvalue weighted by atomic mass is 10.0. The fraction of sp³-hybridized carbons (Fsp3) is 0.286. The van der Waals surface area contributed by atoms with Gasteiger partial charge in [-0.25, -0.2) is 35.9 Å². The minimum atomic E-state index is -5.82. The van der Waals surface area contributed by atoms with Gasteiger partial charge in [-0.1, -0.05) is 36.4 Å². The number of aromatic nitrogens is 2. The van der Waals surface area contributed by atoms with Crippen molar-refractivity contribution < 1.29 is 39.2 Å². The van der Waals surface area contributed by atoms with Gasteiger partial charge in [-0.2, -0.15) is 17.5 Å². The van der Waals surface area contributed by atoms with E-state index in [0.29, 0.717) is 29.6 Å². The van der Waals surface area contributed by atoms with Gasteiger partial charge in [0.2, 0.25) is 10.0 Å². The molecule has 0 spiro atoms. The molecule has 2 aliphatic heterocycles. The van der Waals surface area contributed by atoms with E-state index in [0.717, 1.165) is 27.7 Å². The van der Waals surface area contributed by atoms with Crippen molar-refractivity contribution in [1.82, 2.24) is 14.3 Å². The van der Waals surface area contributed by atoms with Gasteiger partial charge in [-0.05, 0) is 17.9 Å². The first-order valence-electron chi connectivity index (χ1n) is 13.1. The summed E-state index contributed by atoms with van der Waals surface area (Å²) in [7, 11) is -5.42. The molecule has 0 radical (unpaired) electrons. The molecule has 4 aromatic rings. The summed E-state index contributed by atoms with van der Waals surface area (Å²) in [6.45, 7) is 0.0994. The van der Waals surface area contributed by atoms with Crippen molar-refractivity contribution >= 4 is 32.3 Å². The van der Waals surface area contributed by atoms with Crippen LogP contribution in [0.2, 0.25) is 0 Å². The predicted molar refractivity (Wildman–Crippen MR) is 143 cm³/mol. The van der Waals surface area contributed by atoms with E-state index in [9.17, 15) is 39.2 Å². The molecule has 3 heterocycles. The van der Waals surface area contributed by atoms with Gasteiger partial charge in [0.15, 0.2) is 23.3 Å². The molecule has 7 nitrogen and oxygen atoms in total. The van der Waals surface area contributed by atoms with E-state index in [1.165, 1.54) is 6.33 Å². The number of fused-ring (bicyclic) bond motifs is 2. The van der Waals surface area contributed by atoms with Gasteiger partial charge in [-0.15, -0.1) is 0 Å². The maximum atomic E-state index is 14.5. The van der Waals surface area contributed by atoms with Gasteiger partial charge in [0.1, 0.15) is 22.6 Å². The van der Waals surface area contributed by atoms with E-state index in [1.807, 2.05) is 42.5 Å². The van der Waals surface area contributed by atoms with Gasteiger partial charge >= 0.3 is 6.18 Å². The number of hydrogen-bond acceptors (Lipinski definition) is 6. The molecule has 3 aromatic carbocycles. The van der Waals surface area contributed by atoms with Gasteiger partial charge in [-0.3, -0.25) is 0 Å². The Kier molecular flexibility index (Phi) is 7.19. The third-order valence-electron chi connectivity index (χ3n) is 7.74. The highest BCUT2D eigenvalue weighted by atomic mass is 32.2. The zero-order chi connectivity index (χ0) is 30.7. The molecule has 0 saturated carbocycles. The molecule has 226 valence electrons. The summed E-state index contributed by atoms with van der Waals surface area (Å²) in [5.41, 5.74) is -0.0782. The summed E-state index contributed by atoms with van der Waals surface area (Å²) in [5, 5.41) is 2.18. The number of benzene rings is 3. The van der Waals surface area contributed by atoms with Crippen LogP contribution in [0.4, 0.5) is 42.2 Å². The first-order valence-corrected chi connectivity index (χ1v) is 14.6. The Hall–Kier alpha value is -3.98. The molecule has 0 N–H and O–H groups in total. The molecule has 1 saturated heterocycles. The zero-order valence-corrected chi connectivity index (χ0v) is 23.0. The molecule has 0 atom stereocenters. The van der Waals surface area contributed by atoms with Crippen LogP contribution < -0.4 is 9.80 Å². The molecule has 0 amide bonds. The van der Waals surface area contributed by atoms with Crippen molar-refractivity contribution in [3.63, 3.8) is 0 Å². The monoisotopic (exact) mass is 625 g/mol.